The zero-order valence-corrected chi connectivity index (χ0v) is 16.3. The molecule has 3 aromatic rings. The molecule has 1 atom stereocenters. The van der Waals surface area contributed by atoms with E-state index in [9.17, 15) is 9.59 Å². The number of hydrogen-bond acceptors (Lipinski definition) is 4. The Morgan fingerprint density at radius 2 is 1.72 bits per heavy atom. The Labute approximate surface area is 169 Å². The summed E-state index contributed by atoms with van der Waals surface area (Å²) in [5.74, 6) is 0.714. The fourth-order valence-corrected chi connectivity index (χ4v) is 3.79. The van der Waals surface area contributed by atoms with Gasteiger partial charge in [0.1, 0.15) is 0 Å². The SMILES string of the molecule is COc1ccc(NC(=O)[C@H]2CCn3c(C(=O)c4ccccc4)ccc32)cc1OC. The molecule has 6 nitrogen and oxygen atoms in total. The van der Waals surface area contributed by atoms with Gasteiger partial charge in [-0.15, -0.1) is 0 Å². The first-order valence-corrected chi connectivity index (χ1v) is 9.44. The van der Waals surface area contributed by atoms with Crippen molar-refractivity contribution in [1.29, 1.82) is 0 Å². The van der Waals surface area contributed by atoms with Gasteiger partial charge >= 0.3 is 0 Å². The van der Waals surface area contributed by atoms with Crippen LogP contribution in [0, 0.1) is 0 Å². The number of nitrogens with zero attached hydrogens (tertiary/aromatic N) is 1. The molecule has 0 saturated carbocycles. The van der Waals surface area contributed by atoms with E-state index in [0.717, 1.165) is 5.69 Å². The minimum Gasteiger partial charge on any atom is -0.493 e. The number of rotatable bonds is 6. The smallest absolute Gasteiger partial charge is 0.233 e. The summed E-state index contributed by atoms with van der Waals surface area (Å²) in [6.45, 7) is 0.639. The van der Waals surface area contributed by atoms with Gasteiger partial charge in [0.25, 0.3) is 0 Å². The molecule has 0 radical (unpaired) electrons. The molecule has 1 aromatic heterocycles. The van der Waals surface area contributed by atoms with E-state index in [-0.39, 0.29) is 17.6 Å². The maximum Gasteiger partial charge on any atom is 0.233 e. The highest BCUT2D eigenvalue weighted by atomic mass is 16.5. The van der Waals surface area contributed by atoms with Crippen molar-refractivity contribution in [2.75, 3.05) is 19.5 Å². The quantitative estimate of drug-likeness (QED) is 0.649. The Bertz CT molecular complexity index is 1060. The number of nitrogens with one attached hydrogen (secondary N) is 1. The summed E-state index contributed by atoms with van der Waals surface area (Å²) >= 11 is 0. The van der Waals surface area contributed by atoms with Gasteiger partial charge in [-0.3, -0.25) is 9.59 Å². The lowest BCUT2D eigenvalue weighted by atomic mass is 10.0. The van der Waals surface area contributed by atoms with Crippen molar-refractivity contribution >= 4 is 17.4 Å². The highest BCUT2D eigenvalue weighted by Crippen LogP contribution is 2.34. The topological polar surface area (TPSA) is 69.6 Å². The third kappa shape index (κ3) is 3.49. The minimum absolute atomic E-state index is 0.0298. The van der Waals surface area contributed by atoms with Crippen LogP contribution in [0.5, 0.6) is 11.5 Å². The van der Waals surface area contributed by atoms with Crippen LogP contribution in [-0.4, -0.2) is 30.5 Å². The van der Waals surface area contributed by atoms with Gasteiger partial charge in [0.15, 0.2) is 11.5 Å². The second-order valence-electron chi connectivity index (χ2n) is 6.89. The van der Waals surface area contributed by atoms with Gasteiger partial charge in [-0.1, -0.05) is 30.3 Å². The van der Waals surface area contributed by atoms with Crippen LogP contribution in [0.25, 0.3) is 0 Å². The van der Waals surface area contributed by atoms with E-state index in [1.54, 1.807) is 50.6 Å². The molecule has 2 aromatic carbocycles. The first-order chi connectivity index (χ1) is 14.1. The van der Waals surface area contributed by atoms with E-state index in [2.05, 4.69) is 5.32 Å². The molecule has 6 heteroatoms. The van der Waals surface area contributed by atoms with Crippen LogP contribution in [-0.2, 0) is 11.3 Å². The molecule has 1 amide bonds. The van der Waals surface area contributed by atoms with Crippen molar-refractivity contribution in [3.8, 4) is 11.5 Å². The predicted molar refractivity (Wildman–Crippen MR) is 110 cm³/mol. The highest BCUT2D eigenvalue weighted by Gasteiger charge is 2.32. The van der Waals surface area contributed by atoms with Crippen molar-refractivity contribution in [3.05, 3.63) is 77.6 Å². The van der Waals surface area contributed by atoms with Crippen LogP contribution in [0.3, 0.4) is 0 Å². The monoisotopic (exact) mass is 390 g/mol. The van der Waals surface area contributed by atoms with Gasteiger partial charge in [0, 0.05) is 29.6 Å². The van der Waals surface area contributed by atoms with Gasteiger partial charge in [0.05, 0.1) is 25.8 Å². The average Bonchev–Trinajstić information content (AvgIpc) is 3.36. The number of aromatic nitrogens is 1. The molecule has 2 heterocycles. The average molecular weight is 390 g/mol. The first-order valence-electron chi connectivity index (χ1n) is 9.44. The molecule has 1 aliphatic heterocycles. The number of benzene rings is 2. The maximum atomic E-state index is 12.9. The Balaban J connectivity index is 1.54. The van der Waals surface area contributed by atoms with Gasteiger partial charge < -0.3 is 19.4 Å². The highest BCUT2D eigenvalue weighted by molar-refractivity contribution is 6.08. The molecule has 0 aliphatic carbocycles. The lowest BCUT2D eigenvalue weighted by Crippen LogP contribution is -2.19. The fraction of sp³-hybridized carbons (Fsp3) is 0.217. The van der Waals surface area contributed by atoms with Crippen LogP contribution in [0.1, 0.15) is 34.1 Å². The molecule has 0 saturated heterocycles. The van der Waals surface area contributed by atoms with Gasteiger partial charge in [-0.25, -0.2) is 0 Å². The number of hydrogen-bond donors (Lipinski definition) is 1. The van der Waals surface area contributed by atoms with Crippen LogP contribution in [0.4, 0.5) is 5.69 Å². The molecule has 29 heavy (non-hydrogen) atoms. The zero-order chi connectivity index (χ0) is 20.4. The van der Waals surface area contributed by atoms with Crippen LogP contribution in [0.15, 0.2) is 60.7 Å². The van der Waals surface area contributed by atoms with E-state index in [0.29, 0.717) is 41.4 Å². The van der Waals surface area contributed by atoms with Crippen molar-refractivity contribution in [3.63, 3.8) is 0 Å². The molecule has 1 N–H and O–H groups in total. The Hall–Kier alpha value is -3.54. The summed E-state index contributed by atoms with van der Waals surface area (Å²) in [6, 6.07) is 18.1. The normalized spacial score (nSPS) is 14.9. The third-order valence-electron chi connectivity index (χ3n) is 5.25. The number of carbonyl (C=O) groups is 2. The Morgan fingerprint density at radius 1 is 0.966 bits per heavy atom. The Kier molecular flexibility index (Phi) is 5.08. The number of amides is 1. The van der Waals surface area contributed by atoms with E-state index in [1.807, 2.05) is 28.8 Å². The van der Waals surface area contributed by atoms with Crippen molar-refractivity contribution < 1.29 is 19.1 Å². The number of ketones is 1. The zero-order valence-electron chi connectivity index (χ0n) is 16.3. The fourth-order valence-electron chi connectivity index (χ4n) is 3.79. The number of methoxy groups -OCH3 is 2. The van der Waals surface area contributed by atoms with Gasteiger partial charge in [-0.2, -0.15) is 0 Å². The molecular weight excluding hydrogens is 368 g/mol. The second-order valence-corrected chi connectivity index (χ2v) is 6.89. The second kappa shape index (κ2) is 7.83. The van der Waals surface area contributed by atoms with Crippen LogP contribution < -0.4 is 14.8 Å². The third-order valence-corrected chi connectivity index (χ3v) is 5.25. The van der Waals surface area contributed by atoms with Crippen molar-refractivity contribution in [2.24, 2.45) is 0 Å². The molecule has 4 rings (SSSR count). The number of fused-ring (bicyclic) bond motifs is 1. The number of ether oxygens (including phenoxy) is 2. The molecule has 148 valence electrons. The maximum absolute atomic E-state index is 12.9. The Morgan fingerprint density at radius 3 is 2.45 bits per heavy atom. The van der Waals surface area contributed by atoms with Crippen LogP contribution in [0.2, 0.25) is 0 Å². The van der Waals surface area contributed by atoms with E-state index >= 15 is 0 Å². The largest absolute Gasteiger partial charge is 0.493 e. The summed E-state index contributed by atoms with van der Waals surface area (Å²) in [6.07, 6.45) is 0.657. The summed E-state index contributed by atoms with van der Waals surface area (Å²) in [5, 5.41) is 2.95. The summed E-state index contributed by atoms with van der Waals surface area (Å²) < 4.78 is 12.5. The van der Waals surface area contributed by atoms with Crippen LogP contribution >= 0.6 is 0 Å². The number of anilines is 1. The van der Waals surface area contributed by atoms with Crippen molar-refractivity contribution in [2.45, 2.75) is 18.9 Å². The van der Waals surface area contributed by atoms with E-state index < -0.39 is 0 Å². The lowest BCUT2D eigenvalue weighted by molar-refractivity contribution is -0.117. The predicted octanol–water partition coefficient (Wildman–Crippen LogP) is 3.86. The summed E-state index contributed by atoms with van der Waals surface area (Å²) in [7, 11) is 3.12. The molecule has 0 fully saturated rings. The number of carbonyl (C=O) groups excluding carboxylic acids is 2. The standard InChI is InChI=1S/C23H22N2O4/c1-28-20-11-8-16(14-21(20)29-2)24-23(27)17-12-13-25-18(17)9-10-19(25)22(26)15-6-4-3-5-7-15/h3-11,14,17H,12-13H2,1-2H3,(H,24,27)/t17-/m0/s1. The lowest BCUT2D eigenvalue weighted by Gasteiger charge is -2.13. The van der Waals surface area contributed by atoms with E-state index in [1.165, 1.54) is 0 Å². The molecule has 1 aliphatic rings. The molecule has 0 unspecified atom stereocenters. The van der Waals surface area contributed by atoms with Gasteiger partial charge in [-0.05, 0) is 30.7 Å². The molecular formula is C23H22N2O4. The molecule has 0 bridgehead atoms. The van der Waals surface area contributed by atoms with Crippen molar-refractivity contribution in [1.82, 2.24) is 4.57 Å². The van der Waals surface area contributed by atoms with E-state index in [4.69, 9.17) is 9.47 Å². The minimum atomic E-state index is -0.305. The summed E-state index contributed by atoms with van der Waals surface area (Å²) in [5.41, 5.74) is 2.76. The first kappa shape index (κ1) is 18.8. The summed E-state index contributed by atoms with van der Waals surface area (Å²) in [4.78, 5) is 25.7. The van der Waals surface area contributed by atoms with Gasteiger partial charge in [0.2, 0.25) is 11.7 Å². The molecule has 0 spiro atoms.